The normalized spacial score (nSPS) is 24.5. The molecule has 2 amide bonds. The summed E-state index contributed by atoms with van der Waals surface area (Å²) in [7, 11) is 3.36. The standard InChI is InChI=1S/C9H16N2O2/c1-6(2)8-9(13)10(3)5-7(12)11(8)4/h6,8H,5H2,1-4H3. The van der Waals surface area contributed by atoms with Crippen LogP contribution in [-0.2, 0) is 9.59 Å². The van der Waals surface area contributed by atoms with Crippen molar-refractivity contribution in [3.8, 4) is 0 Å². The number of carbonyl (C=O) groups excluding carboxylic acids is 2. The summed E-state index contributed by atoms with van der Waals surface area (Å²) in [5, 5.41) is 0. The van der Waals surface area contributed by atoms with Crippen LogP contribution in [0.5, 0.6) is 0 Å². The summed E-state index contributed by atoms with van der Waals surface area (Å²) >= 11 is 0. The van der Waals surface area contributed by atoms with E-state index in [9.17, 15) is 9.59 Å². The first-order valence-corrected chi connectivity index (χ1v) is 4.45. The van der Waals surface area contributed by atoms with Gasteiger partial charge >= 0.3 is 0 Å². The number of hydrogen-bond acceptors (Lipinski definition) is 2. The molecule has 1 unspecified atom stereocenters. The molecule has 1 atom stereocenters. The molecule has 4 heteroatoms. The minimum atomic E-state index is -0.286. The molecule has 0 radical (unpaired) electrons. The van der Waals surface area contributed by atoms with Gasteiger partial charge in [-0.2, -0.15) is 0 Å². The molecule has 0 aliphatic carbocycles. The molecule has 4 nitrogen and oxygen atoms in total. The van der Waals surface area contributed by atoms with E-state index in [1.165, 1.54) is 4.90 Å². The second-order valence-electron chi connectivity index (χ2n) is 3.89. The molecular weight excluding hydrogens is 168 g/mol. The van der Waals surface area contributed by atoms with E-state index in [0.717, 1.165) is 0 Å². The molecule has 0 saturated carbocycles. The van der Waals surface area contributed by atoms with Crippen molar-refractivity contribution in [1.82, 2.24) is 9.80 Å². The molecule has 0 aromatic heterocycles. The summed E-state index contributed by atoms with van der Waals surface area (Å²) in [5.74, 6) is 0.224. The lowest BCUT2D eigenvalue weighted by atomic mass is 9.99. The number of piperazine rings is 1. The number of likely N-dealkylation sites (N-methyl/N-ethyl adjacent to an activating group) is 2. The Hall–Kier alpha value is -1.06. The maximum atomic E-state index is 11.7. The zero-order chi connectivity index (χ0) is 10.2. The van der Waals surface area contributed by atoms with Crippen LogP contribution < -0.4 is 0 Å². The predicted molar refractivity (Wildman–Crippen MR) is 49.0 cm³/mol. The summed E-state index contributed by atoms with van der Waals surface area (Å²) < 4.78 is 0. The van der Waals surface area contributed by atoms with E-state index in [2.05, 4.69) is 0 Å². The fourth-order valence-electron chi connectivity index (χ4n) is 1.67. The Morgan fingerprint density at radius 3 is 2.31 bits per heavy atom. The Kier molecular flexibility index (Phi) is 2.59. The van der Waals surface area contributed by atoms with Gasteiger partial charge in [-0.3, -0.25) is 9.59 Å². The zero-order valence-electron chi connectivity index (χ0n) is 8.57. The summed E-state index contributed by atoms with van der Waals surface area (Å²) in [6.07, 6.45) is 0. The largest absolute Gasteiger partial charge is 0.335 e. The van der Waals surface area contributed by atoms with E-state index >= 15 is 0 Å². The van der Waals surface area contributed by atoms with Gasteiger partial charge in [-0.05, 0) is 5.92 Å². The molecule has 1 aliphatic rings. The number of amides is 2. The quantitative estimate of drug-likeness (QED) is 0.573. The fourth-order valence-corrected chi connectivity index (χ4v) is 1.67. The van der Waals surface area contributed by atoms with Gasteiger partial charge in [0, 0.05) is 14.1 Å². The first-order chi connectivity index (χ1) is 5.95. The molecule has 0 aromatic carbocycles. The molecule has 74 valence electrons. The predicted octanol–water partition coefficient (Wildman–Crippen LogP) is -0.0586. The zero-order valence-corrected chi connectivity index (χ0v) is 8.57. The van der Waals surface area contributed by atoms with Crippen molar-refractivity contribution < 1.29 is 9.59 Å². The van der Waals surface area contributed by atoms with Crippen molar-refractivity contribution in [2.45, 2.75) is 19.9 Å². The summed E-state index contributed by atoms with van der Waals surface area (Å²) in [5.41, 5.74) is 0. The SMILES string of the molecule is CC(C)C1C(=O)N(C)CC(=O)N1C. The Morgan fingerprint density at radius 2 is 1.85 bits per heavy atom. The molecule has 1 rings (SSSR count). The van der Waals surface area contributed by atoms with Crippen LogP contribution in [0.3, 0.4) is 0 Å². The van der Waals surface area contributed by atoms with Gasteiger partial charge in [0.15, 0.2) is 0 Å². The topological polar surface area (TPSA) is 40.6 Å². The molecule has 1 heterocycles. The van der Waals surface area contributed by atoms with Crippen LogP contribution in [0.25, 0.3) is 0 Å². The highest BCUT2D eigenvalue weighted by atomic mass is 16.2. The minimum Gasteiger partial charge on any atom is -0.335 e. The molecule has 1 fully saturated rings. The molecule has 1 saturated heterocycles. The first-order valence-electron chi connectivity index (χ1n) is 4.45. The molecular formula is C9H16N2O2. The van der Waals surface area contributed by atoms with E-state index in [4.69, 9.17) is 0 Å². The Bertz CT molecular complexity index is 238. The molecule has 0 spiro atoms. The molecule has 1 aliphatic heterocycles. The van der Waals surface area contributed by atoms with Crippen molar-refractivity contribution >= 4 is 11.8 Å². The van der Waals surface area contributed by atoms with Gasteiger partial charge < -0.3 is 9.80 Å². The number of nitrogens with zero attached hydrogens (tertiary/aromatic N) is 2. The van der Waals surface area contributed by atoms with Crippen molar-refractivity contribution in [3.05, 3.63) is 0 Å². The van der Waals surface area contributed by atoms with E-state index in [-0.39, 0.29) is 30.3 Å². The second-order valence-corrected chi connectivity index (χ2v) is 3.89. The van der Waals surface area contributed by atoms with Gasteiger partial charge in [-0.25, -0.2) is 0 Å². The van der Waals surface area contributed by atoms with Gasteiger partial charge in [0.05, 0.1) is 6.54 Å². The van der Waals surface area contributed by atoms with Gasteiger partial charge in [0.2, 0.25) is 11.8 Å². The van der Waals surface area contributed by atoms with E-state index < -0.39 is 0 Å². The fraction of sp³-hybridized carbons (Fsp3) is 0.778. The minimum absolute atomic E-state index is 0.0146. The smallest absolute Gasteiger partial charge is 0.245 e. The molecule has 0 N–H and O–H groups in total. The average molecular weight is 184 g/mol. The monoisotopic (exact) mass is 184 g/mol. The van der Waals surface area contributed by atoms with E-state index in [1.807, 2.05) is 13.8 Å². The molecule has 0 bridgehead atoms. The third-order valence-corrected chi connectivity index (χ3v) is 2.44. The van der Waals surface area contributed by atoms with Crippen molar-refractivity contribution in [3.63, 3.8) is 0 Å². The van der Waals surface area contributed by atoms with Gasteiger partial charge in [0.25, 0.3) is 0 Å². The summed E-state index contributed by atoms with van der Waals surface area (Å²) in [6.45, 7) is 4.11. The highest BCUT2D eigenvalue weighted by molar-refractivity contribution is 5.94. The van der Waals surface area contributed by atoms with Crippen LogP contribution in [0, 0.1) is 5.92 Å². The second kappa shape index (κ2) is 3.36. The highest BCUT2D eigenvalue weighted by Gasteiger charge is 2.36. The summed E-state index contributed by atoms with van der Waals surface area (Å²) in [4.78, 5) is 26.1. The lowest BCUT2D eigenvalue weighted by molar-refractivity contribution is -0.154. The first kappa shape index (κ1) is 10.0. The van der Waals surface area contributed by atoms with E-state index in [0.29, 0.717) is 0 Å². The number of carbonyl (C=O) groups is 2. The Morgan fingerprint density at radius 1 is 1.31 bits per heavy atom. The third-order valence-electron chi connectivity index (χ3n) is 2.44. The van der Waals surface area contributed by atoms with Crippen molar-refractivity contribution in [1.29, 1.82) is 0 Å². The lowest BCUT2D eigenvalue weighted by Crippen LogP contribution is -2.59. The van der Waals surface area contributed by atoms with Crippen LogP contribution >= 0.6 is 0 Å². The molecule has 0 aromatic rings. The Balaban J connectivity index is 2.88. The summed E-state index contributed by atoms with van der Waals surface area (Å²) in [6, 6.07) is -0.286. The van der Waals surface area contributed by atoms with Crippen LogP contribution in [-0.4, -0.2) is 48.3 Å². The lowest BCUT2D eigenvalue weighted by Gasteiger charge is -2.38. The number of hydrogen-bond donors (Lipinski definition) is 0. The number of rotatable bonds is 1. The highest BCUT2D eigenvalue weighted by Crippen LogP contribution is 2.16. The van der Waals surface area contributed by atoms with Gasteiger partial charge in [-0.15, -0.1) is 0 Å². The molecule has 13 heavy (non-hydrogen) atoms. The van der Waals surface area contributed by atoms with Crippen molar-refractivity contribution in [2.24, 2.45) is 5.92 Å². The maximum absolute atomic E-state index is 11.7. The van der Waals surface area contributed by atoms with Crippen molar-refractivity contribution in [2.75, 3.05) is 20.6 Å². The van der Waals surface area contributed by atoms with Gasteiger partial charge in [0.1, 0.15) is 6.04 Å². The van der Waals surface area contributed by atoms with Crippen LogP contribution in [0.15, 0.2) is 0 Å². The maximum Gasteiger partial charge on any atom is 0.245 e. The average Bonchev–Trinajstić information content (AvgIpc) is 2.01. The van der Waals surface area contributed by atoms with Crippen LogP contribution in [0.4, 0.5) is 0 Å². The third kappa shape index (κ3) is 1.66. The van der Waals surface area contributed by atoms with E-state index in [1.54, 1.807) is 19.0 Å². The van der Waals surface area contributed by atoms with Gasteiger partial charge in [-0.1, -0.05) is 13.8 Å². The van der Waals surface area contributed by atoms with Crippen LogP contribution in [0.1, 0.15) is 13.8 Å². The Labute approximate surface area is 78.5 Å². The van der Waals surface area contributed by atoms with Crippen LogP contribution in [0.2, 0.25) is 0 Å².